The van der Waals surface area contributed by atoms with Crippen LogP contribution in [-0.4, -0.2) is 14.5 Å². The highest BCUT2D eigenvalue weighted by molar-refractivity contribution is 9.10. The first-order valence-corrected chi connectivity index (χ1v) is 7.63. The minimum Gasteiger partial charge on any atom is -0.389 e. The van der Waals surface area contributed by atoms with E-state index in [4.69, 9.17) is 18.0 Å². The SMILES string of the molecule is NC(=S)c1ccc(-n2cnc3c2CCCC3)c(F)c1Br. The van der Waals surface area contributed by atoms with Gasteiger partial charge in [0.05, 0.1) is 22.2 Å². The van der Waals surface area contributed by atoms with Crippen molar-refractivity contribution in [1.82, 2.24) is 9.55 Å². The average molecular weight is 354 g/mol. The number of fused-ring (bicyclic) bond motifs is 1. The van der Waals surface area contributed by atoms with Crippen LogP contribution in [0.2, 0.25) is 0 Å². The van der Waals surface area contributed by atoms with Gasteiger partial charge in [0, 0.05) is 11.3 Å². The van der Waals surface area contributed by atoms with Gasteiger partial charge in [-0.1, -0.05) is 12.2 Å². The fraction of sp³-hybridized carbons (Fsp3) is 0.286. The predicted octanol–water partition coefficient (Wildman–Crippen LogP) is 3.29. The second kappa shape index (κ2) is 5.26. The molecule has 0 aliphatic heterocycles. The molecule has 0 radical (unpaired) electrons. The summed E-state index contributed by atoms with van der Waals surface area (Å²) in [6.45, 7) is 0. The molecule has 1 aliphatic carbocycles. The van der Waals surface area contributed by atoms with Gasteiger partial charge >= 0.3 is 0 Å². The minimum atomic E-state index is -0.360. The second-order valence-electron chi connectivity index (χ2n) is 4.84. The van der Waals surface area contributed by atoms with Crippen molar-refractivity contribution in [2.45, 2.75) is 25.7 Å². The first-order chi connectivity index (χ1) is 9.59. The number of nitrogens with two attached hydrogens (primary N) is 1. The van der Waals surface area contributed by atoms with Crippen LogP contribution in [0.15, 0.2) is 22.9 Å². The van der Waals surface area contributed by atoms with E-state index >= 15 is 0 Å². The van der Waals surface area contributed by atoms with Gasteiger partial charge in [-0.2, -0.15) is 0 Å². The van der Waals surface area contributed by atoms with Gasteiger partial charge in [0.2, 0.25) is 0 Å². The zero-order chi connectivity index (χ0) is 14.3. The number of rotatable bonds is 2. The number of thiocarbonyl (C=S) groups is 1. The molecule has 3 nitrogen and oxygen atoms in total. The Balaban J connectivity index is 2.14. The monoisotopic (exact) mass is 353 g/mol. The maximum atomic E-state index is 14.5. The molecule has 0 saturated carbocycles. The molecule has 0 bridgehead atoms. The van der Waals surface area contributed by atoms with Gasteiger partial charge in [-0.15, -0.1) is 0 Å². The van der Waals surface area contributed by atoms with Crippen LogP contribution in [0.25, 0.3) is 5.69 Å². The maximum Gasteiger partial charge on any atom is 0.162 e. The van der Waals surface area contributed by atoms with E-state index in [-0.39, 0.29) is 10.8 Å². The van der Waals surface area contributed by atoms with E-state index in [9.17, 15) is 4.39 Å². The summed E-state index contributed by atoms with van der Waals surface area (Å²) in [5.41, 5.74) is 8.74. The summed E-state index contributed by atoms with van der Waals surface area (Å²) in [6.07, 6.45) is 5.86. The number of imidazole rings is 1. The third-order valence-corrected chi connectivity index (χ3v) is 4.61. The molecule has 0 unspecified atom stereocenters. The Hall–Kier alpha value is -1.27. The highest BCUT2D eigenvalue weighted by Crippen LogP contribution is 2.29. The summed E-state index contributed by atoms with van der Waals surface area (Å²) in [4.78, 5) is 4.57. The van der Waals surface area contributed by atoms with Crippen molar-refractivity contribution in [3.63, 3.8) is 0 Å². The highest BCUT2D eigenvalue weighted by Gasteiger charge is 2.20. The number of hydrogen-bond acceptors (Lipinski definition) is 2. The van der Waals surface area contributed by atoms with Crippen molar-refractivity contribution in [3.05, 3.63) is 45.7 Å². The molecule has 0 spiro atoms. The molecule has 0 saturated heterocycles. The molecule has 1 aromatic heterocycles. The molecule has 1 aromatic carbocycles. The van der Waals surface area contributed by atoms with E-state index in [1.54, 1.807) is 18.5 Å². The van der Waals surface area contributed by atoms with Gasteiger partial charge in [0.25, 0.3) is 0 Å². The van der Waals surface area contributed by atoms with Crippen LogP contribution in [0.1, 0.15) is 29.8 Å². The molecular weight excluding hydrogens is 341 g/mol. The number of aromatic nitrogens is 2. The van der Waals surface area contributed by atoms with Gasteiger partial charge < -0.3 is 10.3 Å². The molecule has 6 heteroatoms. The van der Waals surface area contributed by atoms with Crippen molar-refractivity contribution in [3.8, 4) is 5.69 Å². The largest absolute Gasteiger partial charge is 0.389 e. The summed E-state index contributed by atoms with van der Waals surface area (Å²) >= 11 is 8.15. The normalized spacial score (nSPS) is 14.1. The standard InChI is InChI=1S/C14H13BrFN3S/c15-12-8(14(17)20)5-6-11(13(12)16)19-7-18-9-3-1-2-4-10(9)19/h5-7H,1-4H2,(H2,17,20). The van der Waals surface area contributed by atoms with Gasteiger partial charge in [0.1, 0.15) is 4.99 Å². The van der Waals surface area contributed by atoms with Crippen molar-refractivity contribution in [1.29, 1.82) is 0 Å². The third-order valence-electron chi connectivity index (χ3n) is 3.62. The lowest BCUT2D eigenvalue weighted by atomic mass is 10.0. The molecule has 2 N–H and O–H groups in total. The van der Waals surface area contributed by atoms with E-state index in [0.717, 1.165) is 37.1 Å². The third kappa shape index (κ3) is 2.16. The summed E-state index contributed by atoms with van der Waals surface area (Å²) < 4.78 is 16.7. The fourth-order valence-electron chi connectivity index (χ4n) is 2.59. The van der Waals surface area contributed by atoms with E-state index in [0.29, 0.717) is 15.7 Å². The first-order valence-electron chi connectivity index (χ1n) is 6.43. The zero-order valence-electron chi connectivity index (χ0n) is 10.7. The molecule has 1 aliphatic rings. The number of nitrogens with zero attached hydrogens (tertiary/aromatic N) is 2. The number of benzene rings is 1. The Kier molecular flexibility index (Phi) is 3.60. The van der Waals surface area contributed by atoms with Crippen LogP contribution in [0.3, 0.4) is 0 Å². The molecule has 2 aromatic rings. The maximum absolute atomic E-state index is 14.5. The Morgan fingerprint density at radius 1 is 1.35 bits per heavy atom. The lowest BCUT2D eigenvalue weighted by Crippen LogP contribution is -2.13. The van der Waals surface area contributed by atoms with Crippen LogP contribution in [0.4, 0.5) is 4.39 Å². The fourth-order valence-corrected chi connectivity index (χ4v) is 3.44. The topological polar surface area (TPSA) is 43.8 Å². The summed E-state index contributed by atoms with van der Waals surface area (Å²) in [7, 11) is 0. The van der Waals surface area contributed by atoms with Crippen molar-refractivity contribution >= 4 is 33.1 Å². The zero-order valence-corrected chi connectivity index (χ0v) is 13.1. The van der Waals surface area contributed by atoms with Crippen LogP contribution in [-0.2, 0) is 12.8 Å². The number of halogens is 2. The van der Waals surface area contributed by atoms with Crippen LogP contribution in [0.5, 0.6) is 0 Å². The molecule has 20 heavy (non-hydrogen) atoms. The average Bonchev–Trinajstić information content (AvgIpc) is 2.85. The second-order valence-corrected chi connectivity index (χ2v) is 6.07. The smallest absolute Gasteiger partial charge is 0.162 e. The van der Waals surface area contributed by atoms with Gasteiger partial charge in [-0.3, -0.25) is 0 Å². The van der Waals surface area contributed by atoms with Crippen LogP contribution < -0.4 is 5.73 Å². The molecule has 104 valence electrons. The quantitative estimate of drug-likeness (QED) is 0.842. The number of hydrogen-bond donors (Lipinski definition) is 1. The number of aryl methyl sites for hydroxylation is 1. The lowest BCUT2D eigenvalue weighted by Gasteiger charge is -2.15. The van der Waals surface area contributed by atoms with Crippen molar-refractivity contribution < 1.29 is 4.39 Å². The van der Waals surface area contributed by atoms with E-state index < -0.39 is 0 Å². The lowest BCUT2D eigenvalue weighted by molar-refractivity contribution is 0.602. The van der Waals surface area contributed by atoms with E-state index in [1.165, 1.54) is 0 Å². The summed E-state index contributed by atoms with van der Waals surface area (Å²) in [5.74, 6) is -0.360. The molecular formula is C14H13BrFN3S. The first kappa shape index (κ1) is 13.7. The predicted molar refractivity (Wildman–Crippen MR) is 83.8 cm³/mol. The highest BCUT2D eigenvalue weighted by atomic mass is 79.9. The Bertz CT molecular complexity index is 696. The van der Waals surface area contributed by atoms with Crippen LogP contribution in [0, 0.1) is 5.82 Å². The van der Waals surface area contributed by atoms with E-state index in [2.05, 4.69) is 20.9 Å². The molecule has 3 rings (SSSR count). The van der Waals surface area contributed by atoms with Crippen molar-refractivity contribution in [2.24, 2.45) is 5.73 Å². The summed E-state index contributed by atoms with van der Waals surface area (Å²) in [6, 6.07) is 3.44. The Labute approximate surface area is 130 Å². The molecule has 1 heterocycles. The van der Waals surface area contributed by atoms with E-state index in [1.807, 2.05) is 4.57 Å². The minimum absolute atomic E-state index is 0.176. The Morgan fingerprint density at radius 2 is 2.10 bits per heavy atom. The molecule has 0 amide bonds. The van der Waals surface area contributed by atoms with Gasteiger partial charge in [0.15, 0.2) is 5.82 Å². The van der Waals surface area contributed by atoms with Crippen molar-refractivity contribution in [2.75, 3.05) is 0 Å². The molecule has 0 fully saturated rings. The van der Waals surface area contributed by atoms with Gasteiger partial charge in [-0.05, 0) is 53.7 Å². The Morgan fingerprint density at radius 3 is 2.85 bits per heavy atom. The van der Waals surface area contributed by atoms with Gasteiger partial charge in [-0.25, -0.2) is 9.37 Å². The summed E-state index contributed by atoms with van der Waals surface area (Å²) in [5, 5.41) is 0. The molecule has 0 atom stereocenters. The van der Waals surface area contributed by atoms with Crippen LogP contribution >= 0.6 is 28.1 Å².